The number of amides is 2. The Morgan fingerprint density at radius 1 is 1.21 bits per heavy atom. The minimum atomic E-state index is -0.640. The zero-order valence-corrected chi connectivity index (χ0v) is 19.9. The Bertz CT molecular complexity index is 1120. The molecule has 1 aliphatic carbocycles. The number of hydrogen-bond acceptors (Lipinski definition) is 7. The molecular weight excluding hydrogens is 454 g/mol. The molecule has 2 aromatic rings. The monoisotopic (exact) mass is 481 g/mol. The number of hydrogen-bond donors (Lipinski definition) is 1. The fourth-order valence-corrected chi connectivity index (χ4v) is 5.63. The van der Waals surface area contributed by atoms with Crippen molar-refractivity contribution < 1.29 is 23.9 Å². The van der Waals surface area contributed by atoms with E-state index in [0.717, 1.165) is 42.5 Å². The second-order valence-corrected chi connectivity index (χ2v) is 9.47. The molecule has 2 amide bonds. The van der Waals surface area contributed by atoms with E-state index in [1.54, 1.807) is 29.2 Å². The lowest BCUT2D eigenvalue weighted by Crippen LogP contribution is -2.28. The number of benzene rings is 1. The van der Waals surface area contributed by atoms with E-state index in [4.69, 9.17) is 9.47 Å². The molecule has 1 N–H and O–H groups in total. The summed E-state index contributed by atoms with van der Waals surface area (Å²) >= 11 is 1.43. The summed E-state index contributed by atoms with van der Waals surface area (Å²) in [5.41, 5.74) is 2.24. The Balaban J connectivity index is 1.31. The van der Waals surface area contributed by atoms with Crippen LogP contribution in [0.1, 0.15) is 48.6 Å². The first-order chi connectivity index (χ1) is 16.5. The third-order valence-electron chi connectivity index (χ3n) is 6.05. The van der Waals surface area contributed by atoms with Crippen LogP contribution in [-0.2, 0) is 32.0 Å². The van der Waals surface area contributed by atoms with Crippen molar-refractivity contribution in [3.8, 4) is 11.8 Å². The van der Waals surface area contributed by atoms with Crippen LogP contribution in [0.15, 0.2) is 24.3 Å². The number of aryl methyl sites for hydroxylation is 1. The average molecular weight is 482 g/mol. The molecule has 8 nitrogen and oxygen atoms in total. The van der Waals surface area contributed by atoms with Gasteiger partial charge in [-0.25, -0.2) is 0 Å². The van der Waals surface area contributed by atoms with Crippen LogP contribution < -0.4 is 15.0 Å². The van der Waals surface area contributed by atoms with Crippen molar-refractivity contribution in [1.82, 2.24) is 0 Å². The molecule has 2 aliphatic rings. The van der Waals surface area contributed by atoms with E-state index in [-0.39, 0.29) is 18.9 Å². The highest BCUT2D eigenvalue weighted by molar-refractivity contribution is 7.16. The number of fused-ring (bicyclic) bond motifs is 1. The number of carbonyl (C=O) groups excluding carboxylic acids is 3. The molecule has 34 heavy (non-hydrogen) atoms. The molecule has 0 radical (unpaired) electrons. The number of esters is 1. The van der Waals surface area contributed by atoms with Gasteiger partial charge in [-0.15, -0.1) is 11.3 Å². The van der Waals surface area contributed by atoms with Gasteiger partial charge in [-0.1, -0.05) is 6.42 Å². The summed E-state index contributed by atoms with van der Waals surface area (Å²) in [5, 5.41) is 12.8. The van der Waals surface area contributed by atoms with Crippen molar-refractivity contribution in [2.24, 2.45) is 5.92 Å². The number of carbonyl (C=O) groups is 3. The number of nitriles is 1. The molecule has 9 heteroatoms. The van der Waals surface area contributed by atoms with Crippen LogP contribution in [0.2, 0.25) is 0 Å². The SMILES string of the molecule is CCOc1ccc(N2C[C@@H](C(=O)OCC(=O)Nc3sc4c(c3C#N)CCCCC4)CC2=O)cc1. The lowest BCUT2D eigenvalue weighted by molar-refractivity contribution is -0.151. The van der Waals surface area contributed by atoms with Gasteiger partial charge in [0, 0.05) is 23.5 Å². The van der Waals surface area contributed by atoms with Gasteiger partial charge in [0.15, 0.2) is 6.61 Å². The van der Waals surface area contributed by atoms with Crippen LogP contribution in [-0.4, -0.2) is 37.5 Å². The Morgan fingerprint density at radius 3 is 2.71 bits per heavy atom. The molecule has 0 unspecified atom stereocenters. The zero-order chi connectivity index (χ0) is 24.1. The predicted octanol–water partition coefficient (Wildman–Crippen LogP) is 3.82. The predicted molar refractivity (Wildman–Crippen MR) is 128 cm³/mol. The summed E-state index contributed by atoms with van der Waals surface area (Å²) in [5.74, 6) is -1.18. The molecule has 1 fully saturated rings. The Labute approximate surface area is 202 Å². The molecule has 1 aromatic carbocycles. The lowest BCUT2D eigenvalue weighted by Gasteiger charge is -2.17. The lowest BCUT2D eigenvalue weighted by atomic mass is 10.1. The number of anilines is 2. The van der Waals surface area contributed by atoms with Crippen molar-refractivity contribution in [2.45, 2.75) is 45.4 Å². The van der Waals surface area contributed by atoms with E-state index in [1.807, 2.05) is 6.92 Å². The van der Waals surface area contributed by atoms with Crippen LogP contribution in [0.4, 0.5) is 10.7 Å². The summed E-state index contributed by atoms with van der Waals surface area (Å²) in [7, 11) is 0. The van der Waals surface area contributed by atoms with Crippen molar-refractivity contribution in [3.05, 3.63) is 40.3 Å². The van der Waals surface area contributed by atoms with Gasteiger partial charge in [0.05, 0.1) is 18.1 Å². The van der Waals surface area contributed by atoms with E-state index in [0.29, 0.717) is 28.6 Å². The summed E-state index contributed by atoms with van der Waals surface area (Å²) < 4.78 is 10.6. The molecule has 178 valence electrons. The first kappa shape index (κ1) is 23.8. The Morgan fingerprint density at radius 2 is 1.97 bits per heavy atom. The first-order valence-corrected chi connectivity index (χ1v) is 12.4. The van der Waals surface area contributed by atoms with Crippen molar-refractivity contribution in [2.75, 3.05) is 30.0 Å². The second-order valence-electron chi connectivity index (χ2n) is 8.37. The highest BCUT2D eigenvalue weighted by Gasteiger charge is 2.36. The smallest absolute Gasteiger partial charge is 0.311 e. The molecular formula is C25H27N3O5S. The minimum absolute atomic E-state index is 0.0316. The van der Waals surface area contributed by atoms with Crippen LogP contribution in [0, 0.1) is 17.2 Å². The summed E-state index contributed by atoms with van der Waals surface area (Å²) in [6.45, 7) is 2.19. The molecule has 0 spiro atoms. The number of thiophene rings is 1. The normalized spacial score (nSPS) is 17.5. The van der Waals surface area contributed by atoms with Crippen molar-refractivity contribution in [1.29, 1.82) is 5.26 Å². The highest BCUT2D eigenvalue weighted by atomic mass is 32.1. The van der Waals surface area contributed by atoms with Gasteiger partial charge in [0.1, 0.15) is 16.8 Å². The average Bonchev–Trinajstić information content (AvgIpc) is 3.29. The van der Waals surface area contributed by atoms with Gasteiger partial charge >= 0.3 is 5.97 Å². The number of nitrogens with zero attached hydrogens (tertiary/aromatic N) is 2. The van der Waals surface area contributed by atoms with E-state index in [9.17, 15) is 19.6 Å². The van der Waals surface area contributed by atoms with Gasteiger partial charge in [-0.05, 0) is 62.4 Å². The van der Waals surface area contributed by atoms with Crippen LogP contribution in [0.5, 0.6) is 5.75 Å². The van der Waals surface area contributed by atoms with E-state index in [2.05, 4.69) is 11.4 Å². The molecule has 2 heterocycles. The summed E-state index contributed by atoms with van der Waals surface area (Å²) in [4.78, 5) is 40.1. The van der Waals surface area contributed by atoms with Gasteiger partial charge in [-0.3, -0.25) is 14.4 Å². The maximum absolute atomic E-state index is 12.5. The zero-order valence-electron chi connectivity index (χ0n) is 19.1. The van der Waals surface area contributed by atoms with E-state index >= 15 is 0 Å². The van der Waals surface area contributed by atoms with Gasteiger partial charge in [-0.2, -0.15) is 5.26 Å². The maximum Gasteiger partial charge on any atom is 0.311 e. The highest BCUT2D eigenvalue weighted by Crippen LogP contribution is 2.37. The van der Waals surface area contributed by atoms with Crippen LogP contribution in [0.3, 0.4) is 0 Å². The number of ether oxygens (including phenoxy) is 2. The van der Waals surface area contributed by atoms with Crippen LogP contribution >= 0.6 is 11.3 Å². The second kappa shape index (κ2) is 10.7. The Kier molecular flexibility index (Phi) is 7.48. The first-order valence-electron chi connectivity index (χ1n) is 11.5. The molecule has 0 saturated carbocycles. The van der Waals surface area contributed by atoms with E-state index in [1.165, 1.54) is 11.3 Å². The molecule has 1 atom stereocenters. The summed E-state index contributed by atoms with van der Waals surface area (Å²) in [6, 6.07) is 9.33. The summed E-state index contributed by atoms with van der Waals surface area (Å²) in [6.07, 6.45) is 5.06. The van der Waals surface area contributed by atoms with Crippen LogP contribution in [0.25, 0.3) is 0 Å². The molecule has 4 rings (SSSR count). The molecule has 1 aromatic heterocycles. The van der Waals surface area contributed by atoms with Gasteiger partial charge in [0.2, 0.25) is 5.91 Å². The molecule has 0 bridgehead atoms. The maximum atomic E-state index is 12.5. The van der Waals surface area contributed by atoms with Crippen molar-refractivity contribution >= 4 is 39.8 Å². The van der Waals surface area contributed by atoms with Gasteiger partial charge < -0.3 is 19.7 Å². The molecule has 1 saturated heterocycles. The standard InChI is InChI=1S/C25H27N3O5S/c1-2-32-18-10-8-17(9-11-18)28-14-16(12-23(28)30)25(31)33-15-22(29)27-24-20(13-26)19-6-4-3-5-7-21(19)34-24/h8-11,16H,2-7,12,14-15H2,1H3,(H,27,29)/t16-/m0/s1. The third kappa shape index (κ3) is 5.23. The Hall–Kier alpha value is -3.38. The van der Waals surface area contributed by atoms with Crippen molar-refractivity contribution in [3.63, 3.8) is 0 Å². The number of rotatable bonds is 7. The fourth-order valence-electron chi connectivity index (χ4n) is 4.37. The number of nitrogens with one attached hydrogen (secondary N) is 1. The minimum Gasteiger partial charge on any atom is -0.494 e. The topological polar surface area (TPSA) is 109 Å². The largest absolute Gasteiger partial charge is 0.494 e. The fraction of sp³-hybridized carbons (Fsp3) is 0.440. The van der Waals surface area contributed by atoms with Gasteiger partial charge in [0.25, 0.3) is 5.91 Å². The third-order valence-corrected chi connectivity index (χ3v) is 7.26. The quantitative estimate of drug-likeness (QED) is 0.476. The van der Waals surface area contributed by atoms with E-state index < -0.39 is 24.4 Å². The molecule has 1 aliphatic heterocycles.